The second-order valence-corrected chi connectivity index (χ2v) is 3.58. The minimum absolute atomic E-state index is 0.0242. The van der Waals surface area contributed by atoms with Gasteiger partial charge in [-0.15, -0.1) is 0 Å². The molecule has 8 heteroatoms. The van der Waals surface area contributed by atoms with E-state index in [9.17, 15) is 9.59 Å². The quantitative estimate of drug-likeness (QED) is 0.717. The molecule has 0 fully saturated rings. The number of nitrogens with zero attached hydrogens (tertiary/aromatic N) is 2. The Balaban J connectivity index is 2.51. The van der Waals surface area contributed by atoms with Crippen molar-refractivity contribution in [1.82, 2.24) is 14.1 Å². The van der Waals surface area contributed by atoms with Crippen molar-refractivity contribution < 1.29 is 19.4 Å². The van der Waals surface area contributed by atoms with E-state index in [1.165, 1.54) is 12.3 Å². The van der Waals surface area contributed by atoms with E-state index in [2.05, 4.69) is 25.4 Å². The highest BCUT2D eigenvalue weighted by molar-refractivity contribution is 6.99. The number of carbonyl (C=O) groups excluding carboxylic acids is 1. The van der Waals surface area contributed by atoms with Gasteiger partial charge in [-0.1, -0.05) is 12.7 Å². The van der Waals surface area contributed by atoms with Crippen molar-refractivity contribution >= 4 is 23.8 Å². The Morgan fingerprint density at radius 2 is 2.47 bits per heavy atom. The van der Waals surface area contributed by atoms with Gasteiger partial charge in [0.1, 0.15) is 12.6 Å². The molecule has 1 aromatic heterocycles. The van der Waals surface area contributed by atoms with Crippen LogP contribution in [0.4, 0.5) is 4.79 Å². The molecular formula is C9H11N3O4S. The van der Waals surface area contributed by atoms with Crippen LogP contribution in [0.15, 0.2) is 18.9 Å². The fourth-order valence-corrected chi connectivity index (χ4v) is 1.44. The molecule has 0 spiro atoms. The SMILES string of the molecule is C=CCOC(=O)NC(Cc1cnsn1)C(=O)O. The summed E-state index contributed by atoms with van der Waals surface area (Å²) in [5, 5.41) is 11.1. The second-order valence-electron chi connectivity index (χ2n) is 3.03. The molecule has 0 bridgehead atoms. The number of aliphatic carboxylic acids is 1. The summed E-state index contributed by atoms with van der Waals surface area (Å²) < 4.78 is 12.2. The summed E-state index contributed by atoms with van der Waals surface area (Å²) >= 11 is 0.976. The Kier molecular flexibility index (Phi) is 5.08. The van der Waals surface area contributed by atoms with Crippen LogP contribution in [0.2, 0.25) is 0 Å². The molecule has 92 valence electrons. The average Bonchev–Trinajstić information content (AvgIpc) is 2.78. The van der Waals surface area contributed by atoms with Crippen LogP contribution in [-0.2, 0) is 16.0 Å². The molecule has 0 saturated carbocycles. The minimum Gasteiger partial charge on any atom is -0.480 e. The Bertz CT molecular complexity index is 393. The Hall–Kier alpha value is -1.96. The van der Waals surface area contributed by atoms with Gasteiger partial charge in [-0.3, -0.25) is 0 Å². The molecule has 0 aliphatic rings. The molecule has 1 unspecified atom stereocenters. The molecule has 0 saturated heterocycles. The number of nitrogens with one attached hydrogen (secondary N) is 1. The molecule has 0 aliphatic heterocycles. The highest BCUT2D eigenvalue weighted by Gasteiger charge is 2.21. The first-order valence-corrected chi connectivity index (χ1v) is 5.40. The third-order valence-corrected chi connectivity index (χ3v) is 2.26. The van der Waals surface area contributed by atoms with Crippen molar-refractivity contribution in [3.63, 3.8) is 0 Å². The molecule has 2 N–H and O–H groups in total. The van der Waals surface area contributed by atoms with Crippen LogP contribution in [0, 0.1) is 0 Å². The van der Waals surface area contributed by atoms with Crippen LogP contribution in [0.1, 0.15) is 5.69 Å². The van der Waals surface area contributed by atoms with E-state index in [4.69, 9.17) is 5.11 Å². The first kappa shape index (κ1) is 13.1. The van der Waals surface area contributed by atoms with Crippen molar-refractivity contribution in [2.24, 2.45) is 0 Å². The number of carbonyl (C=O) groups is 2. The molecule has 0 aromatic carbocycles. The molecule has 0 radical (unpaired) electrons. The summed E-state index contributed by atoms with van der Waals surface area (Å²) in [5.41, 5.74) is 0.506. The number of ether oxygens (including phenoxy) is 1. The summed E-state index contributed by atoms with van der Waals surface area (Å²) in [5.74, 6) is -1.16. The largest absolute Gasteiger partial charge is 0.480 e. The number of alkyl carbamates (subject to hydrolysis) is 1. The van der Waals surface area contributed by atoms with Gasteiger partial charge >= 0.3 is 12.1 Å². The molecule has 1 amide bonds. The van der Waals surface area contributed by atoms with Crippen molar-refractivity contribution in [1.29, 1.82) is 0 Å². The number of rotatable bonds is 6. The zero-order valence-corrected chi connectivity index (χ0v) is 9.64. The normalized spacial score (nSPS) is 11.5. The van der Waals surface area contributed by atoms with E-state index in [1.54, 1.807) is 0 Å². The number of hydrogen-bond acceptors (Lipinski definition) is 6. The summed E-state index contributed by atoms with van der Waals surface area (Å²) in [7, 11) is 0. The van der Waals surface area contributed by atoms with E-state index in [1.807, 2.05) is 0 Å². The van der Waals surface area contributed by atoms with E-state index < -0.39 is 18.1 Å². The van der Waals surface area contributed by atoms with Gasteiger partial charge in [0.15, 0.2) is 0 Å². The van der Waals surface area contributed by atoms with Gasteiger partial charge in [0.2, 0.25) is 0 Å². The standard InChI is InChI=1S/C9H11N3O4S/c1-2-3-16-9(15)11-7(8(13)14)4-6-5-10-17-12-6/h2,5,7H,1,3-4H2,(H,11,15)(H,13,14). The number of carboxylic acid groups (broad SMARTS) is 1. The van der Waals surface area contributed by atoms with Crippen LogP contribution in [0.3, 0.4) is 0 Å². The van der Waals surface area contributed by atoms with Gasteiger partial charge in [0, 0.05) is 6.42 Å². The maximum Gasteiger partial charge on any atom is 0.408 e. The van der Waals surface area contributed by atoms with E-state index >= 15 is 0 Å². The zero-order valence-electron chi connectivity index (χ0n) is 8.83. The molecule has 1 rings (SSSR count). The molecule has 7 nitrogen and oxygen atoms in total. The fraction of sp³-hybridized carbons (Fsp3) is 0.333. The molecule has 1 heterocycles. The van der Waals surface area contributed by atoms with Gasteiger partial charge in [0.25, 0.3) is 0 Å². The van der Waals surface area contributed by atoms with Gasteiger partial charge in [-0.05, 0) is 0 Å². The first-order valence-electron chi connectivity index (χ1n) is 4.67. The van der Waals surface area contributed by atoms with Crippen molar-refractivity contribution in [2.75, 3.05) is 6.61 Å². The monoisotopic (exact) mass is 257 g/mol. The first-order chi connectivity index (χ1) is 8.13. The van der Waals surface area contributed by atoms with Crippen molar-refractivity contribution in [3.05, 3.63) is 24.5 Å². The number of amides is 1. The summed E-state index contributed by atoms with van der Waals surface area (Å²) in [6.45, 7) is 3.39. The van der Waals surface area contributed by atoms with Gasteiger partial charge in [-0.2, -0.15) is 8.75 Å². The molecule has 1 aromatic rings. The van der Waals surface area contributed by atoms with E-state index in [0.717, 1.165) is 11.7 Å². The molecule has 17 heavy (non-hydrogen) atoms. The highest BCUT2D eigenvalue weighted by atomic mass is 32.1. The highest BCUT2D eigenvalue weighted by Crippen LogP contribution is 2.01. The van der Waals surface area contributed by atoms with Crippen molar-refractivity contribution in [2.45, 2.75) is 12.5 Å². The number of aromatic nitrogens is 2. The summed E-state index contributed by atoms with van der Waals surface area (Å²) in [6, 6.07) is -1.09. The van der Waals surface area contributed by atoms with Gasteiger partial charge in [0.05, 0.1) is 23.6 Å². The smallest absolute Gasteiger partial charge is 0.408 e. The van der Waals surface area contributed by atoms with Gasteiger partial charge < -0.3 is 15.2 Å². The lowest BCUT2D eigenvalue weighted by atomic mass is 10.2. The molecule has 0 aliphatic carbocycles. The lowest BCUT2D eigenvalue weighted by molar-refractivity contribution is -0.139. The average molecular weight is 257 g/mol. The van der Waals surface area contributed by atoms with Crippen LogP contribution in [0.25, 0.3) is 0 Å². The zero-order chi connectivity index (χ0) is 12.7. The second kappa shape index (κ2) is 6.59. The predicted molar refractivity (Wildman–Crippen MR) is 59.7 cm³/mol. The Morgan fingerprint density at radius 3 is 3.00 bits per heavy atom. The third kappa shape index (κ3) is 4.60. The Morgan fingerprint density at radius 1 is 1.71 bits per heavy atom. The summed E-state index contributed by atoms with van der Waals surface area (Å²) in [6.07, 6.45) is 2.10. The van der Waals surface area contributed by atoms with Crippen LogP contribution >= 0.6 is 11.7 Å². The van der Waals surface area contributed by atoms with Gasteiger partial charge in [-0.25, -0.2) is 9.59 Å². The van der Waals surface area contributed by atoms with Crippen LogP contribution < -0.4 is 5.32 Å². The summed E-state index contributed by atoms with van der Waals surface area (Å²) in [4.78, 5) is 22.1. The maximum absolute atomic E-state index is 11.2. The van der Waals surface area contributed by atoms with Crippen LogP contribution in [0.5, 0.6) is 0 Å². The van der Waals surface area contributed by atoms with E-state index in [-0.39, 0.29) is 13.0 Å². The minimum atomic E-state index is -1.16. The molecule has 1 atom stereocenters. The predicted octanol–water partition coefficient (Wildman–Crippen LogP) is 0.446. The Labute approximate surface area is 101 Å². The number of carboxylic acids is 1. The lowest BCUT2D eigenvalue weighted by Crippen LogP contribution is -2.42. The topological polar surface area (TPSA) is 101 Å². The maximum atomic E-state index is 11.2. The molecular weight excluding hydrogens is 246 g/mol. The fourth-order valence-electron chi connectivity index (χ4n) is 1.00. The van der Waals surface area contributed by atoms with E-state index in [0.29, 0.717) is 5.69 Å². The van der Waals surface area contributed by atoms with Crippen LogP contribution in [-0.4, -0.2) is 38.6 Å². The third-order valence-electron chi connectivity index (χ3n) is 1.74. The van der Waals surface area contributed by atoms with Crippen molar-refractivity contribution in [3.8, 4) is 0 Å². The number of hydrogen-bond donors (Lipinski definition) is 2. The lowest BCUT2D eigenvalue weighted by Gasteiger charge is -2.12.